The number of esters is 1. The van der Waals surface area contributed by atoms with Gasteiger partial charge in [0.15, 0.2) is 0 Å². The van der Waals surface area contributed by atoms with E-state index >= 15 is 0 Å². The minimum Gasteiger partial charge on any atom is -0.462 e. The summed E-state index contributed by atoms with van der Waals surface area (Å²) in [6.07, 6.45) is 4.35. The lowest BCUT2D eigenvalue weighted by atomic mass is 9.91. The van der Waals surface area contributed by atoms with Gasteiger partial charge in [-0.25, -0.2) is 0 Å². The summed E-state index contributed by atoms with van der Waals surface area (Å²) in [7, 11) is 2.20. The Bertz CT molecular complexity index is 747. The number of benzene rings is 2. The lowest BCUT2D eigenvalue weighted by Gasteiger charge is -2.36. The van der Waals surface area contributed by atoms with Gasteiger partial charge in [0.05, 0.1) is 0 Å². The van der Waals surface area contributed by atoms with Crippen LogP contribution in [0.3, 0.4) is 0 Å². The molecule has 2 aromatic rings. The van der Waals surface area contributed by atoms with Crippen molar-refractivity contribution < 1.29 is 9.53 Å². The average Bonchev–Trinajstić information content (AvgIpc) is 2.85. The van der Waals surface area contributed by atoms with Crippen LogP contribution in [-0.4, -0.2) is 36.1 Å². The largest absolute Gasteiger partial charge is 0.462 e. The van der Waals surface area contributed by atoms with Crippen LogP contribution in [0.2, 0.25) is 5.02 Å². The fraction of sp³-hybridized carbons (Fsp3) is 0.409. The first-order valence-corrected chi connectivity index (χ1v) is 9.72. The van der Waals surface area contributed by atoms with E-state index < -0.39 is 5.92 Å². The smallest absolute Gasteiger partial charge is 0.318 e. The van der Waals surface area contributed by atoms with E-state index in [9.17, 15) is 4.79 Å². The standard InChI is InChI=1S/C22H24ClNO2/c1-24-18-11-12-19(24)14-20(13-18)26-22(25)21(15-5-3-2-4-6-15)16-7-9-17(23)10-8-16/h2-10,18-21H,11-14H2,1H3. The third kappa shape index (κ3) is 3.51. The van der Waals surface area contributed by atoms with Crippen molar-refractivity contribution in [2.45, 2.75) is 49.8 Å². The third-order valence-electron chi connectivity index (χ3n) is 5.91. The highest BCUT2D eigenvalue weighted by atomic mass is 35.5. The van der Waals surface area contributed by atoms with Crippen molar-refractivity contribution in [3.05, 3.63) is 70.7 Å². The SMILES string of the molecule is CN1C2CCC1CC(OC(=O)C(c1ccccc1)c1ccc(Cl)cc1)C2. The van der Waals surface area contributed by atoms with Crippen molar-refractivity contribution in [1.82, 2.24) is 4.90 Å². The summed E-state index contributed by atoms with van der Waals surface area (Å²) < 4.78 is 6.02. The van der Waals surface area contributed by atoms with Gasteiger partial charge >= 0.3 is 5.97 Å². The van der Waals surface area contributed by atoms with Gasteiger partial charge < -0.3 is 9.64 Å². The summed E-state index contributed by atoms with van der Waals surface area (Å²) in [5, 5.41) is 0.667. The Morgan fingerprint density at radius 2 is 1.58 bits per heavy atom. The molecule has 2 aliphatic heterocycles. The van der Waals surface area contributed by atoms with E-state index in [1.165, 1.54) is 12.8 Å². The second-order valence-corrected chi connectivity index (χ2v) is 7.91. The molecule has 2 bridgehead atoms. The van der Waals surface area contributed by atoms with Crippen LogP contribution >= 0.6 is 11.6 Å². The molecule has 2 aromatic carbocycles. The van der Waals surface area contributed by atoms with Crippen molar-refractivity contribution in [1.29, 1.82) is 0 Å². The minimum atomic E-state index is -0.411. The number of carbonyl (C=O) groups is 1. The van der Waals surface area contributed by atoms with Gasteiger partial charge in [-0.2, -0.15) is 0 Å². The molecular weight excluding hydrogens is 346 g/mol. The fourth-order valence-corrected chi connectivity index (χ4v) is 4.58. The Morgan fingerprint density at radius 1 is 1.00 bits per heavy atom. The van der Waals surface area contributed by atoms with Crippen LogP contribution in [-0.2, 0) is 9.53 Å². The number of halogens is 1. The number of hydrogen-bond donors (Lipinski definition) is 0. The monoisotopic (exact) mass is 369 g/mol. The maximum atomic E-state index is 13.1. The van der Waals surface area contributed by atoms with Gasteiger partial charge in [-0.15, -0.1) is 0 Å². The molecule has 0 radical (unpaired) electrons. The second-order valence-electron chi connectivity index (χ2n) is 7.48. The molecule has 2 fully saturated rings. The van der Waals surface area contributed by atoms with Crippen LogP contribution in [0, 0.1) is 0 Å². The maximum Gasteiger partial charge on any atom is 0.318 e. The number of nitrogens with zero attached hydrogens (tertiary/aromatic N) is 1. The molecule has 2 aliphatic rings. The molecule has 0 N–H and O–H groups in total. The highest BCUT2D eigenvalue weighted by Crippen LogP contribution is 2.36. The first kappa shape index (κ1) is 17.6. The first-order chi connectivity index (χ1) is 12.6. The third-order valence-corrected chi connectivity index (χ3v) is 6.16. The molecule has 3 nitrogen and oxygen atoms in total. The summed E-state index contributed by atoms with van der Waals surface area (Å²) in [4.78, 5) is 15.6. The van der Waals surface area contributed by atoms with Crippen LogP contribution in [0.1, 0.15) is 42.7 Å². The second kappa shape index (κ2) is 7.42. The number of ether oxygens (including phenoxy) is 1. The molecular formula is C22H24ClNO2. The number of rotatable bonds is 4. The number of carbonyl (C=O) groups excluding carboxylic acids is 1. The molecule has 0 aliphatic carbocycles. The van der Waals surface area contributed by atoms with Crippen LogP contribution < -0.4 is 0 Å². The summed E-state index contributed by atoms with van der Waals surface area (Å²) in [5.41, 5.74) is 1.87. The lowest BCUT2D eigenvalue weighted by molar-refractivity contribution is -0.153. The minimum absolute atomic E-state index is 0.0229. The van der Waals surface area contributed by atoms with Gasteiger partial charge in [0, 0.05) is 17.1 Å². The predicted molar refractivity (Wildman–Crippen MR) is 103 cm³/mol. The topological polar surface area (TPSA) is 29.5 Å². The number of fused-ring (bicyclic) bond motifs is 2. The predicted octanol–water partition coefficient (Wildman–Crippen LogP) is 4.64. The fourth-order valence-electron chi connectivity index (χ4n) is 4.46. The van der Waals surface area contributed by atoms with Crippen molar-refractivity contribution in [3.8, 4) is 0 Å². The highest BCUT2D eigenvalue weighted by molar-refractivity contribution is 6.30. The van der Waals surface area contributed by atoms with Crippen LogP contribution in [0.15, 0.2) is 54.6 Å². The summed E-state index contributed by atoms with van der Waals surface area (Å²) in [6, 6.07) is 18.4. The van der Waals surface area contributed by atoms with E-state index in [4.69, 9.17) is 16.3 Å². The van der Waals surface area contributed by atoms with Crippen molar-refractivity contribution in [2.24, 2.45) is 0 Å². The number of piperidine rings is 1. The Kier molecular flexibility index (Phi) is 5.01. The Labute approximate surface area is 159 Å². The van der Waals surface area contributed by atoms with Crippen LogP contribution in [0.4, 0.5) is 0 Å². The quantitative estimate of drug-likeness (QED) is 0.735. The van der Waals surface area contributed by atoms with Crippen LogP contribution in [0.25, 0.3) is 0 Å². The van der Waals surface area contributed by atoms with Gasteiger partial charge in [0.25, 0.3) is 0 Å². The normalized spacial score (nSPS) is 26.5. The Morgan fingerprint density at radius 3 is 2.19 bits per heavy atom. The van der Waals surface area contributed by atoms with E-state index in [0.717, 1.165) is 24.0 Å². The molecule has 0 saturated carbocycles. The van der Waals surface area contributed by atoms with Gasteiger partial charge in [-0.3, -0.25) is 4.79 Å². The van der Waals surface area contributed by atoms with Crippen molar-refractivity contribution in [3.63, 3.8) is 0 Å². The Hall–Kier alpha value is -1.84. The van der Waals surface area contributed by atoms with Crippen molar-refractivity contribution in [2.75, 3.05) is 7.05 Å². The van der Waals surface area contributed by atoms with E-state index in [0.29, 0.717) is 17.1 Å². The molecule has 4 heteroatoms. The molecule has 2 saturated heterocycles. The van der Waals surface area contributed by atoms with Crippen molar-refractivity contribution >= 4 is 17.6 Å². The summed E-state index contributed by atoms with van der Waals surface area (Å²) in [6.45, 7) is 0. The van der Waals surface area contributed by atoms with Gasteiger partial charge in [0.1, 0.15) is 12.0 Å². The van der Waals surface area contributed by atoms with E-state index in [1.54, 1.807) is 0 Å². The average molecular weight is 370 g/mol. The molecule has 2 heterocycles. The van der Waals surface area contributed by atoms with Gasteiger partial charge in [-0.1, -0.05) is 54.1 Å². The zero-order chi connectivity index (χ0) is 18.1. The first-order valence-electron chi connectivity index (χ1n) is 9.34. The molecule has 0 amide bonds. The van der Waals surface area contributed by atoms with E-state index in [-0.39, 0.29) is 12.1 Å². The van der Waals surface area contributed by atoms with Gasteiger partial charge in [0.2, 0.25) is 0 Å². The van der Waals surface area contributed by atoms with Crippen LogP contribution in [0.5, 0.6) is 0 Å². The lowest BCUT2D eigenvalue weighted by Crippen LogP contribution is -2.43. The summed E-state index contributed by atoms with van der Waals surface area (Å²) >= 11 is 6.03. The maximum absolute atomic E-state index is 13.1. The Balaban J connectivity index is 1.56. The molecule has 26 heavy (non-hydrogen) atoms. The number of hydrogen-bond acceptors (Lipinski definition) is 3. The molecule has 4 rings (SSSR count). The highest BCUT2D eigenvalue weighted by Gasteiger charge is 2.40. The molecule has 136 valence electrons. The molecule has 0 spiro atoms. The molecule has 0 aromatic heterocycles. The van der Waals surface area contributed by atoms with Gasteiger partial charge in [-0.05, 0) is 56.0 Å². The molecule has 3 unspecified atom stereocenters. The molecule has 3 atom stereocenters. The van der Waals surface area contributed by atoms with E-state index in [1.807, 2.05) is 54.6 Å². The zero-order valence-corrected chi connectivity index (χ0v) is 15.7. The zero-order valence-electron chi connectivity index (χ0n) is 15.0. The summed E-state index contributed by atoms with van der Waals surface area (Å²) in [5.74, 6) is -0.571. The van der Waals surface area contributed by atoms with E-state index in [2.05, 4.69) is 11.9 Å².